The van der Waals surface area contributed by atoms with Crippen molar-refractivity contribution in [1.29, 1.82) is 0 Å². The van der Waals surface area contributed by atoms with Crippen LogP contribution in [0, 0.1) is 29.4 Å². The smallest absolute Gasteiger partial charge is 0.200 e. The Morgan fingerprint density at radius 2 is 1.68 bits per heavy atom. The Labute approximate surface area is 169 Å². The summed E-state index contributed by atoms with van der Waals surface area (Å²) in [5.74, 6) is 0.798. The number of benzene rings is 1. The topological polar surface area (TPSA) is 9.23 Å². The van der Waals surface area contributed by atoms with Crippen LogP contribution in [0.4, 0.5) is 8.78 Å². The molecular weight excluding hydrogens is 354 g/mol. The van der Waals surface area contributed by atoms with Crippen LogP contribution in [-0.4, -0.2) is 6.61 Å². The quantitative estimate of drug-likeness (QED) is 0.325. The summed E-state index contributed by atoms with van der Waals surface area (Å²) in [7, 11) is 0. The minimum Gasteiger partial charge on any atom is -0.491 e. The van der Waals surface area contributed by atoms with Gasteiger partial charge in [-0.25, -0.2) is 4.39 Å². The number of halogens is 2. The molecule has 0 aliphatic heterocycles. The fraction of sp³-hybridized carbons (Fsp3) is 0.680. The maximum atomic E-state index is 14.5. The molecule has 156 valence electrons. The molecule has 1 aromatic rings. The van der Waals surface area contributed by atoms with Gasteiger partial charge in [0, 0.05) is 0 Å². The lowest BCUT2D eigenvalue weighted by molar-refractivity contribution is 0.236. The molecule has 1 nitrogen and oxygen atoms in total. The first-order valence-corrected chi connectivity index (χ1v) is 11.4. The Balaban J connectivity index is 1.53. The van der Waals surface area contributed by atoms with Crippen LogP contribution < -0.4 is 4.74 Å². The highest BCUT2D eigenvalue weighted by Gasteiger charge is 2.30. The second-order valence-electron chi connectivity index (χ2n) is 8.71. The summed E-state index contributed by atoms with van der Waals surface area (Å²) < 4.78 is 33.9. The van der Waals surface area contributed by atoms with E-state index in [1.807, 2.05) is 0 Å². The van der Waals surface area contributed by atoms with E-state index in [9.17, 15) is 8.78 Å². The standard InChI is InChI=1S/C25H36F2O/c1-3-5-6-7-18-8-10-19(11-9-18)20-12-14-21(15-13-20)22-16-17-23(28-4-2)25(27)24(22)26/h8,10,16-21H,3-7,9,11-15H2,1-2H3/t18?,19?,20-,21-. The monoisotopic (exact) mass is 390 g/mol. The Hall–Kier alpha value is -1.38. The molecule has 28 heavy (non-hydrogen) atoms. The van der Waals surface area contributed by atoms with Gasteiger partial charge in [-0.3, -0.25) is 0 Å². The van der Waals surface area contributed by atoms with E-state index < -0.39 is 11.6 Å². The van der Waals surface area contributed by atoms with Gasteiger partial charge in [0.2, 0.25) is 5.82 Å². The molecule has 0 N–H and O–H groups in total. The molecule has 0 radical (unpaired) electrons. The van der Waals surface area contributed by atoms with Gasteiger partial charge in [0.1, 0.15) is 0 Å². The molecule has 0 bridgehead atoms. The van der Waals surface area contributed by atoms with E-state index in [0.717, 1.165) is 31.6 Å². The predicted molar refractivity (Wildman–Crippen MR) is 112 cm³/mol. The molecule has 2 unspecified atom stereocenters. The molecule has 0 spiro atoms. The third-order valence-corrected chi connectivity index (χ3v) is 6.87. The highest BCUT2D eigenvalue weighted by molar-refractivity contribution is 5.33. The van der Waals surface area contributed by atoms with Crippen molar-refractivity contribution in [2.75, 3.05) is 6.61 Å². The Kier molecular flexibility index (Phi) is 7.93. The largest absolute Gasteiger partial charge is 0.491 e. The summed E-state index contributed by atoms with van der Waals surface area (Å²) in [5, 5.41) is 0. The predicted octanol–water partition coefficient (Wildman–Crippen LogP) is 7.80. The summed E-state index contributed by atoms with van der Waals surface area (Å²) in [5.41, 5.74) is 0.537. The van der Waals surface area contributed by atoms with Crippen LogP contribution in [-0.2, 0) is 0 Å². The van der Waals surface area contributed by atoms with Gasteiger partial charge >= 0.3 is 0 Å². The molecular formula is C25H36F2O. The van der Waals surface area contributed by atoms with E-state index in [1.54, 1.807) is 19.1 Å². The van der Waals surface area contributed by atoms with Crippen molar-refractivity contribution in [1.82, 2.24) is 0 Å². The van der Waals surface area contributed by atoms with E-state index in [-0.39, 0.29) is 11.7 Å². The van der Waals surface area contributed by atoms with Crippen molar-refractivity contribution in [3.63, 3.8) is 0 Å². The SMILES string of the molecule is CCCCCC1C=CC([C@H]2CC[C@H](c3ccc(OCC)c(F)c3F)CC2)CC1. The molecule has 2 aliphatic carbocycles. The third kappa shape index (κ3) is 5.15. The molecule has 3 heteroatoms. The number of rotatable bonds is 8. The first-order chi connectivity index (χ1) is 13.6. The fourth-order valence-electron chi connectivity index (χ4n) is 5.18. The molecule has 1 aromatic carbocycles. The molecule has 2 atom stereocenters. The second kappa shape index (κ2) is 10.4. The molecule has 2 aliphatic rings. The fourth-order valence-corrected chi connectivity index (χ4v) is 5.18. The average Bonchev–Trinajstić information content (AvgIpc) is 2.73. The normalized spacial score (nSPS) is 27.7. The van der Waals surface area contributed by atoms with Crippen LogP contribution in [0.1, 0.15) is 89.5 Å². The highest BCUT2D eigenvalue weighted by atomic mass is 19.2. The zero-order valence-electron chi connectivity index (χ0n) is 17.6. The number of unbranched alkanes of at least 4 members (excludes halogenated alkanes) is 2. The van der Waals surface area contributed by atoms with E-state index in [0.29, 0.717) is 24.0 Å². The summed E-state index contributed by atoms with van der Waals surface area (Å²) in [4.78, 5) is 0. The first kappa shape index (κ1) is 21.3. The van der Waals surface area contributed by atoms with Crippen LogP contribution in [0.5, 0.6) is 5.75 Å². The van der Waals surface area contributed by atoms with Crippen LogP contribution in [0.25, 0.3) is 0 Å². The molecule has 0 aromatic heterocycles. The Morgan fingerprint density at radius 1 is 0.893 bits per heavy atom. The van der Waals surface area contributed by atoms with Crippen LogP contribution >= 0.6 is 0 Å². The molecule has 3 rings (SSSR count). The summed E-state index contributed by atoms with van der Waals surface area (Å²) in [6.45, 7) is 4.38. The number of hydrogen-bond donors (Lipinski definition) is 0. The minimum atomic E-state index is -0.828. The van der Waals surface area contributed by atoms with Gasteiger partial charge in [-0.05, 0) is 87.2 Å². The zero-order valence-corrected chi connectivity index (χ0v) is 17.6. The average molecular weight is 391 g/mol. The highest BCUT2D eigenvalue weighted by Crippen LogP contribution is 2.43. The van der Waals surface area contributed by atoms with Crippen molar-refractivity contribution < 1.29 is 13.5 Å². The minimum absolute atomic E-state index is 0.0262. The maximum Gasteiger partial charge on any atom is 0.200 e. The Bertz CT molecular complexity index is 646. The lowest BCUT2D eigenvalue weighted by atomic mass is 9.70. The van der Waals surface area contributed by atoms with Gasteiger partial charge in [0.05, 0.1) is 6.61 Å². The molecule has 0 saturated heterocycles. The zero-order chi connectivity index (χ0) is 19.9. The van der Waals surface area contributed by atoms with Crippen molar-refractivity contribution in [3.05, 3.63) is 41.5 Å². The van der Waals surface area contributed by atoms with E-state index in [4.69, 9.17) is 4.74 Å². The number of allylic oxidation sites excluding steroid dienone is 2. The van der Waals surface area contributed by atoms with E-state index in [1.165, 1.54) is 38.5 Å². The van der Waals surface area contributed by atoms with Crippen LogP contribution in [0.15, 0.2) is 24.3 Å². The summed E-state index contributed by atoms with van der Waals surface area (Å²) >= 11 is 0. The maximum absolute atomic E-state index is 14.5. The van der Waals surface area contributed by atoms with Crippen LogP contribution in [0.3, 0.4) is 0 Å². The summed E-state index contributed by atoms with van der Waals surface area (Å²) in [6.07, 6.45) is 17.1. The third-order valence-electron chi connectivity index (χ3n) is 6.87. The van der Waals surface area contributed by atoms with Gasteiger partial charge in [-0.2, -0.15) is 4.39 Å². The first-order valence-electron chi connectivity index (χ1n) is 11.4. The van der Waals surface area contributed by atoms with Gasteiger partial charge in [0.15, 0.2) is 11.6 Å². The molecule has 1 fully saturated rings. The van der Waals surface area contributed by atoms with Crippen molar-refractivity contribution in [2.45, 2.75) is 84.0 Å². The lowest BCUT2D eigenvalue weighted by Gasteiger charge is -2.35. The molecule has 0 amide bonds. The lowest BCUT2D eigenvalue weighted by Crippen LogP contribution is -2.23. The van der Waals surface area contributed by atoms with Crippen LogP contribution in [0.2, 0.25) is 0 Å². The van der Waals surface area contributed by atoms with Crippen molar-refractivity contribution in [2.24, 2.45) is 17.8 Å². The number of ether oxygens (including phenoxy) is 1. The van der Waals surface area contributed by atoms with Crippen molar-refractivity contribution in [3.8, 4) is 5.75 Å². The van der Waals surface area contributed by atoms with Gasteiger partial charge in [-0.15, -0.1) is 0 Å². The second-order valence-corrected chi connectivity index (χ2v) is 8.71. The van der Waals surface area contributed by atoms with E-state index >= 15 is 0 Å². The molecule has 0 heterocycles. The Morgan fingerprint density at radius 3 is 2.32 bits per heavy atom. The van der Waals surface area contributed by atoms with Gasteiger partial charge < -0.3 is 4.74 Å². The van der Waals surface area contributed by atoms with E-state index in [2.05, 4.69) is 19.1 Å². The number of hydrogen-bond acceptors (Lipinski definition) is 1. The van der Waals surface area contributed by atoms with Gasteiger partial charge in [0.25, 0.3) is 0 Å². The van der Waals surface area contributed by atoms with Crippen molar-refractivity contribution >= 4 is 0 Å². The van der Waals surface area contributed by atoms with Gasteiger partial charge in [-0.1, -0.05) is 44.4 Å². The molecule has 1 saturated carbocycles. The summed E-state index contributed by atoms with van der Waals surface area (Å²) in [6, 6.07) is 3.32.